The molecule has 194 valence electrons. The van der Waals surface area contributed by atoms with Crippen molar-refractivity contribution < 1.29 is 27.2 Å². The molecule has 2 amide bonds. The summed E-state index contributed by atoms with van der Waals surface area (Å²) >= 11 is 6.54. The van der Waals surface area contributed by atoms with Gasteiger partial charge >= 0.3 is 6.18 Å². The van der Waals surface area contributed by atoms with Gasteiger partial charge in [-0.25, -0.2) is 4.39 Å². The van der Waals surface area contributed by atoms with Gasteiger partial charge in [-0.05, 0) is 66.7 Å². The van der Waals surface area contributed by atoms with Gasteiger partial charge in [0.1, 0.15) is 6.17 Å². The van der Waals surface area contributed by atoms with Crippen molar-refractivity contribution in [2.45, 2.75) is 31.4 Å². The third-order valence-corrected chi connectivity index (χ3v) is 7.65. The highest BCUT2D eigenvalue weighted by molar-refractivity contribution is 8.18. The Morgan fingerprint density at radius 2 is 1.97 bits per heavy atom. The Kier molecular flexibility index (Phi) is 6.80. The summed E-state index contributed by atoms with van der Waals surface area (Å²) in [4.78, 5) is 28.6. The first-order valence-electron chi connectivity index (χ1n) is 11.4. The smallest absolute Gasteiger partial charge is 0.303 e. The molecule has 0 N–H and O–H groups in total. The van der Waals surface area contributed by atoms with Crippen LogP contribution in [0.25, 0.3) is 17.0 Å². The normalized spacial score (nSPS) is 22.5. The molecule has 2 aromatic carbocycles. The van der Waals surface area contributed by atoms with Gasteiger partial charge in [0.25, 0.3) is 11.1 Å². The zero-order valence-corrected chi connectivity index (χ0v) is 21.1. The fraction of sp³-hybridized carbons (Fsp3) is 0.320. The van der Waals surface area contributed by atoms with E-state index in [1.807, 2.05) is 4.90 Å². The van der Waals surface area contributed by atoms with Gasteiger partial charge in [-0.3, -0.25) is 19.2 Å². The van der Waals surface area contributed by atoms with E-state index in [4.69, 9.17) is 11.6 Å². The molecule has 0 radical (unpaired) electrons. The number of hydrogen-bond donors (Lipinski definition) is 0. The molecular weight excluding hydrogens is 532 g/mol. The van der Waals surface area contributed by atoms with E-state index in [2.05, 4.69) is 5.10 Å². The highest BCUT2D eigenvalue weighted by atomic mass is 35.5. The minimum absolute atomic E-state index is 0.00619. The fourth-order valence-corrected chi connectivity index (χ4v) is 5.74. The maximum Gasteiger partial charge on any atom is 0.416 e. The van der Waals surface area contributed by atoms with Crippen molar-refractivity contribution in [1.82, 2.24) is 19.6 Å². The monoisotopic (exact) mass is 552 g/mol. The number of amides is 2. The van der Waals surface area contributed by atoms with Gasteiger partial charge < -0.3 is 4.90 Å². The first kappa shape index (κ1) is 25.7. The highest BCUT2D eigenvalue weighted by Crippen LogP contribution is 2.37. The molecule has 6 nitrogen and oxygen atoms in total. The van der Waals surface area contributed by atoms with Gasteiger partial charge in [-0.15, -0.1) is 0 Å². The van der Waals surface area contributed by atoms with Crippen LogP contribution in [0, 0.1) is 0 Å². The fourth-order valence-electron chi connectivity index (χ4n) is 4.69. The van der Waals surface area contributed by atoms with E-state index >= 15 is 0 Å². The number of carbonyl (C=O) groups is 2. The lowest BCUT2D eigenvalue weighted by Gasteiger charge is -2.36. The molecule has 37 heavy (non-hydrogen) atoms. The third-order valence-electron chi connectivity index (χ3n) is 6.53. The first-order valence-corrected chi connectivity index (χ1v) is 12.6. The molecule has 2 unspecified atom stereocenters. The van der Waals surface area contributed by atoms with Crippen LogP contribution in [0.5, 0.6) is 0 Å². The van der Waals surface area contributed by atoms with Gasteiger partial charge in [0, 0.05) is 23.5 Å². The number of hydrogen-bond acceptors (Lipinski definition) is 5. The number of piperidine rings is 1. The van der Waals surface area contributed by atoms with Crippen LogP contribution >= 0.6 is 23.4 Å². The quantitative estimate of drug-likeness (QED) is 0.301. The molecule has 0 aliphatic carbocycles. The molecule has 2 atom stereocenters. The van der Waals surface area contributed by atoms with E-state index in [0.29, 0.717) is 29.4 Å². The molecule has 2 aliphatic heterocycles. The summed E-state index contributed by atoms with van der Waals surface area (Å²) in [5, 5.41) is 4.39. The van der Waals surface area contributed by atoms with Crippen LogP contribution in [0.1, 0.15) is 23.1 Å². The maximum absolute atomic E-state index is 14.6. The minimum Gasteiger partial charge on any atom is -0.303 e. The second kappa shape index (κ2) is 9.77. The Labute approximate surface area is 218 Å². The summed E-state index contributed by atoms with van der Waals surface area (Å²) in [5.74, 6) is -0.523. The Morgan fingerprint density at radius 3 is 2.70 bits per heavy atom. The van der Waals surface area contributed by atoms with Gasteiger partial charge in [-0.2, -0.15) is 18.3 Å². The summed E-state index contributed by atoms with van der Waals surface area (Å²) in [7, 11) is 1.79. The van der Waals surface area contributed by atoms with Crippen molar-refractivity contribution >= 4 is 51.5 Å². The molecule has 12 heteroatoms. The average molecular weight is 553 g/mol. The maximum atomic E-state index is 14.6. The number of carbonyl (C=O) groups excluding carboxylic acids is 2. The second-order valence-corrected chi connectivity index (χ2v) is 10.5. The first-order chi connectivity index (χ1) is 17.5. The molecule has 5 rings (SSSR count). The topological polar surface area (TPSA) is 58.4 Å². The lowest BCUT2D eigenvalue weighted by atomic mass is 10.0. The molecule has 0 bridgehead atoms. The number of thioether (sulfide) groups is 1. The Balaban J connectivity index is 1.39. The second-order valence-electron chi connectivity index (χ2n) is 9.11. The van der Waals surface area contributed by atoms with E-state index in [1.165, 1.54) is 23.0 Å². The van der Waals surface area contributed by atoms with Crippen molar-refractivity contribution in [1.29, 1.82) is 0 Å². The van der Waals surface area contributed by atoms with Crippen LogP contribution in [0.4, 0.5) is 22.4 Å². The van der Waals surface area contributed by atoms with Crippen molar-refractivity contribution in [2.24, 2.45) is 0 Å². The third kappa shape index (κ3) is 5.12. The highest BCUT2D eigenvalue weighted by Gasteiger charge is 2.44. The van der Waals surface area contributed by atoms with Crippen molar-refractivity contribution in [3.05, 3.63) is 69.2 Å². The number of aromatic nitrogens is 2. The van der Waals surface area contributed by atoms with Crippen LogP contribution in [-0.2, 0) is 17.5 Å². The van der Waals surface area contributed by atoms with Crippen LogP contribution in [0.3, 0.4) is 0 Å². The van der Waals surface area contributed by atoms with E-state index in [-0.39, 0.29) is 28.6 Å². The molecule has 3 aromatic rings. The van der Waals surface area contributed by atoms with E-state index in [9.17, 15) is 27.2 Å². The average Bonchev–Trinajstić information content (AvgIpc) is 3.34. The predicted octanol–water partition coefficient (Wildman–Crippen LogP) is 5.84. The summed E-state index contributed by atoms with van der Waals surface area (Å²) < 4.78 is 56.5. The lowest BCUT2D eigenvalue weighted by molar-refractivity contribution is -0.138. The molecule has 0 spiro atoms. The summed E-state index contributed by atoms with van der Waals surface area (Å²) in [6, 6.07) is 7.95. The van der Waals surface area contributed by atoms with Crippen LogP contribution in [0.15, 0.2) is 47.5 Å². The molecule has 1 aromatic heterocycles. The largest absolute Gasteiger partial charge is 0.416 e. The van der Waals surface area contributed by atoms with Gasteiger partial charge in [-0.1, -0.05) is 23.7 Å². The number of benzene rings is 2. The molecule has 2 aliphatic rings. The number of halogens is 5. The number of rotatable bonds is 4. The number of fused-ring (bicyclic) bond motifs is 1. The Hall–Kier alpha value is -2.89. The van der Waals surface area contributed by atoms with E-state index < -0.39 is 35.1 Å². The number of imide groups is 1. The standard InChI is InChI=1S/C25H21ClF4N4O2S/c1-32-7-6-21(19(27)13-32)34-23(35)22(37-24(34)36)9-14-2-5-20-16(8-14)11-31-33(20)12-15-3-4-17(26)10-18(15)25(28,29)30/h2-5,8-11,19,21H,6-7,12-13H2,1H3. The zero-order chi connectivity index (χ0) is 26.5. The van der Waals surface area contributed by atoms with Gasteiger partial charge in [0.2, 0.25) is 0 Å². The minimum atomic E-state index is -4.56. The van der Waals surface area contributed by atoms with E-state index in [1.54, 1.807) is 31.3 Å². The number of likely N-dealkylation sites (tertiary alicyclic amines) is 1. The predicted molar refractivity (Wildman–Crippen MR) is 134 cm³/mol. The molecule has 3 heterocycles. The lowest BCUT2D eigenvalue weighted by Crippen LogP contribution is -2.52. The van der Waals surface area contributed by atoms with Crippen LogP contribution in [-0.4, -0.2) is 63.1 Å². The molecular formula is C25H21ClF4N4O2S. The van der Waals surface area contributed by atoms with Crippen molar-refractivity contribution in [3.8, 4) is 0 Å². The SMILES string of the molecule is CN1CCC(N2C(=O)SC(=Cc3ccc4c(cnn4Cc4ccc(Cl)cc4C(F)(F)F)c3)C2=O)C(F)C1. The van der Waals surface area contributed by atoms with Crippen molar-refractivity contribution in [2.75, 3.05) is 20.1 Å². The van der Waals surface area contributed by atoms with Crippen LogP contribution < -0.4 is 0 Å². The molecule has 2 saturated heterocycles. The van der Waals surface area contributed by atoms with Gasteiger partial charge in [0.15, 0.2) is 0 Å². The van der Waals surface area contributed by atoms with Gasteiger partial charge in [0.05, 0.1) is 34.8 Å². The number of alkyl halides is 4. The van der Waals surface area contributed by atoms with Crippen LogP contribution in [0.2, 0.25) is 5.02 Å². The van der Waals surface area contributed by atoms with E-state index in [0.717, 1.165) is 22.7 Å². The molecule has 2 fully saturated rings. The number of nitrogens with zero attached hydrogens (tertiary/aromatic N) is 4. The Morgan fingerprint density at radius 1 is 1.19 bits per heavy atom. The zero-order valence-electron chi connectivity index (χ0n) is 19.5. The Bertz CT molecular complexity index is 1420. The summed E-state index contributed by atoms with van der Waals surface area (Å²) in [6.45, 7) is 0.633. The van der Waals surface area contributed by atoms with Crippen molar-refractivity contribution in [3.63, 3.8) is 0 Å². The molecule has 0 saturated carbocycles. The summed E-state index contributed by atoms with van der Waals surface area (Å²) in [6.07, 6.45) is -2.42. The summed E-state index contributed by atoms with van der Waals surface area (Å²) in [5.41, 5.74) is 0.413.